The maximum Gasteiger partial charge on any atom is 0.305 e. The maximum absolute atomic E-state index is 11.7. The SMILES string of the molecule is CC12CCC(C1)C(C)(C)C2CCC(O)CNC(=O)[C@@H](N)CC(=O)O. The van der Waals surface area contributed by atoms with Gasteiger partial charge in [0.25, 0.3) is 0 Å². The first kappa shape index (κ1) is 19.2. The van der Waals surface area contributed by atoms with E-state index in [4.69, 9.17) is 10.8 Å². The van der Waals surface area contributed by atoms with Crippen LogP contribution in [-0.4, -0.2) is 40.8 Å². The lowest BCUT2D eigenvalue weighted by Crippen LogP contribution is -2.44. The molecule has 24 heavy (non-hydrogen) atoms. The van der Waals surface area contributed by atoms with Crippen molar-refractivity contribution in [3.05, 3.63) is 0 Å². The second-order valence-corrected chi connectivity index (χ2v) is 8.65. The zero-order chi connectivity index (χ0) is 18.1. The van der Waals surface area contributed by atoms with Crippen molar-refractivity contribution in [2.45, 2.75) is 71.4 Å². The van der Waals surface area contributed by atoms with E-state index in [0.29, 0.717) is 23.2 Å². The molecule has 0 aromatic carbocycles. The van der Waals surface area contributed by atoms with E-state index in [1.165, 1.54) is 19.3 Å². The molecular weight excluding hydrogens is 308 g/mol. The Morgan fingerprint density at radius 1 is 1.33 bits per heavy atom. The van der Waals surface area contributed by atoms with Gasteiger partial charge >= 0.3 is 5.97 Å². The van der Waals surface area contributed by atoms with E-state index >= 15 is 0 Å². The molecule has 4 unspecified atom stereocenters. The zero-order valence-electron chi connectivity index (χ0n) is 15.0. The number of aliphatic hydroxyl groups excluding tert-OH is 1. The summed E-state index contributed by atoms with van der Waals surface area (Å²) in [4.78, 5) is 22.2. The monoisotopic (exact) mass is 340 g/mol. The number of amides is 1. The normalized spacial score (nSPS) is 33.2. The molecule has 2 rings (SSSR count). The first-order chi connectivity index (χ1) is 11.1. The van der Waals surface area contributed by atoms with Gasteiger partial charge in [-0.2, -0.15) is 0 Å². The van der Waals surface area contributed by atoms with Crippen LogP contribution < -0.4 is 11.1 Å². The fraction of sp³-hybridized carbons (Fsp3) is 0.889. The summed E-state index contributed by atoms with van der Waals surface area (Å²) in [6.45, 7) is 7.21. The number of carboxylic acids is 1. The third-order valence-corrected chi connectivity index (χ3v) is 6.60. The summed E-state index contributed by atoms with van der Waals surface area (Å²) in [6, 6.07) is -1.07. The van der Waals surface area contributed by atoms with E-state index in [1.54, 1.807) is 0 Å². The van der Waals surface area contributed by atoms with E-state index in [-0.39, 0.29) is 6.54 Å². The Morgan fingerprint density at radius 3 is 2.54 bits per heavy atom. The molecule has 6 heteroatoms. The third-order valence-electron chi connectivity index (χ3n) is 6.60. The van der Waals surface area contributed by atoms with Crippen LogP contribution in [0.15, 0.2) is 0 Å². The van der Waals surface area contributed by atoms with Gasteiger partial charge in [-0.15, -0.1) is 0 Å². The molecule has 0 spiro atoms. The lowest BCUT2D eigenvalue weighted by Gasteiger charge is -2.43. The number of nitrogens with two attached hydrogens (primary N) is 1. The predicted octanol–water partition coefficient (Wildman–Crippen LogP) is 1.51. The minimum atomic E-state index is -1.11. The summed E-state index contributed by atoms with van der Waals surface area (Å²) in [6.07, 6.45) is 4.47. The van der Waals surface area contributed by atoms with Crippen molar-refractivity contribution in [1.29, 1.82) is 0 Å². The standard InChI is InChI=1S/C18H32N2O4/c1-17(2)11-6-7-18(3,9-11)14(17)5-4-12(21)10-20-16(24)13(19)8-15(22)23/h11-14,21H,4-10,19H2,1-3H3,(H,20,24)(H,22,23)/t11?,12?,13-,14?,18?/m0/s1. The average Bonchev–Trinajstić information content (AvgIpc) is 2.94. The second kappa shape index (κ2) is 7.00. The molecule has 138 valence electrons. The molecule has 5 atom stereocenters. The van der Waals surface area contributed by atoms with Crippen LogP contribution in [0, 0.1) is 22.7 Å². The number of aliphatic carboxylic acids is 1. The second-order valence-electron chi connectivity index (χ2n) is 8.65. The summed E-state index contributed by atoms with van der Waals surface area (Å²) >= 11 is 0. The molecule has 2 bridgehead atoms. The number of rotatable bonds is 8. The van der Waals surface area contributed by atoms with Crippen molar-refractivity contribution in [3.8, 4) is 0 Å². The molecule has 2 saturated carbocycles. The van der Waals surface area contributed by atoms with Crippen LogP contribution in [0.25, 0.3) is 0 Å². The Balaban J connectivity index is 1.76. The molecule has 6 nitrogen and oxygen atoms in total. The largest absolute Gasteiger partial charge is 0.481 e. The summed E-state index contributed by atoms with van der Waals surface area (Å²) < 4.78 is 0. The van der Waals surface area contributed by atoms with Crippen LogP contribution in [0.4, 0.5) is 0 Å². The number of carboxylic acid groups (broad SMARTS) is 1. The zero-order valence-corrected chi connectivity index (χ0v) is 15.0. The van der Waals surface area contributed by atoms with Gasteiger partial charge < -0.3 is 21.3 Å². The molecule has 0 heterocycles. The highest BCUT2D eigenvalue weighted by molar-refractivity contribution is 5.85. The molecule has 0 aromatic rings. The molecule has 5 N–H and O–H groups in total. The Kier molecular flexibility index (Phi) is 5.60. The van der Waals surface area contributed by atoms with Crippen LogP contribution in [0.1, 0.15) is 59.3 Å². The van der Waals surface area contributed by atoms with Gasteiger partial charge in [0.05, 0.1) is 18.6 Å². The molecular formula is C18H32N2O4. The highest BCUT2D eigenvalue weighted by atomic mass is 16.4. The summed E-state index contributed by atoms with van der Waals surface area (Å²) in [5.41, 5.74) is 6.21. The van der Waals surface area contributed by atoms with Gasteiger partial charge in [-0.25, -0.2) is 0 Å². The van der Waals surface area contributed by atoms with Gasteiger partial charge in [-0.1, -0.05) is 20.8 Å². The number of aliphatic hydroxyl groups is 1. The fourth-order valence-electron chi connectivity index (χ4n) is 5.22. The predicted molar refractivity (Wildman–Crippen MR) is 91.2 cm³/mol. The number of fused-ring (bicyclic) bond motifs is 2. The lowest BCUT2D eigenvalue weighted by molar-refractivity contribution is -0.139. The van der Waals surface area contributed by atoms with Gasteiger partial charge in [0.2, 0.25) is 5.91 Å². The van der Waals surface area contributed by atoms with Gasteiger partial charge in [-0.3, -0.25) is 9.59 Å². The van der Waals surface area contributed by atoms with Crippen LogP contribution in [0.2, 0.25) is 0 Å². The van der Waals surface area contributed by atoms with E-state index < -0.39 is 30.4 Å². The Morgan fingerprint density at radius 2 is 2.00 bits per heavy atom. The van der Waals surface area contributed by atoms with E-state index in [2.05, 4.69) is 26.1 Å². The van der Waals surface area contributed by atoms with Gasteiger partial charge in [0.15, 0.2) is 0 Å². The third kappa shape index (κ3) is 3.91. The smallest absolute Gasteiger partial charge is 0.305 e. The van der Waals surface area contributed by atoms with Crippen LogP contribution in [0.3, 0.4) is 0 Å². The summed E-state index contributed by atoms with van der Waals surface area (Å²) in [7, 11) is 0. The van der Waals surface area contributed by atoms with Crippen molar-refractivity contribution < 1.29 is 19.8 Å². The number of hydrogen-bond donors (Lipinski definition) is 4. The number of hydrogen-bond acceptors (Lipinski definition) is 4. The topological polar surface area (TPSA) is 113 Å². The highest BCUT2D eigenvalue weighted by Crippen LogP contribution is 2.67. The van der Waals surface area contributed by atoms with Crippen molar-refractivity contribution >= 4 is 11.9 Å². The quantitative estimate of drug-likeness (QED) is 0.535. The number of carbonyl (C=O) groups excluding carboxylic acids is 1. The Bertz CT molecular complexity index is 489. The van der Waals surface area contributed by atoms with Gasteiger partial charge in [0, 0.05) is 6.54 Å². The minimum Gasteiger partial charge on any atom is -0.481 e. The molecule has 0 aromatic heterocycles. The molecule has 2 fully saturated rings. The van der Waals surface area contributed by atoms with Gasteiger partial charge in [-0.05, 0) is 54.8 Å². The highest BCUT2D eigenvalue weighted by Gasteiger charge is 2.58. The van der Waals surface area contributed by atoms with Crippen LogP contribution in [0.5, 0.6) is 0 Å². The molecule has 1 amide bonds. The van der Waals surface area contributed by atoms with Crippen molar-refractivity contribution in [3.63, 3.8) is 0 Å². The lowest BCUT2D eigenvalue weighted by atomic mass is 9.62. The average molecular weight is 340 g/mol. The number of carbonyl (C=O) groups is 2. The Hall–Kier alpha value is -1.14. The van der Waals surface area contributed by atoms with E-state index in [9.17, 15) is 14.7 Å². The van der Waals surface area contributed by atoms with Crippen LogP contribution in [-0.2, 0) is 9.59 Å². The van der Waals surface area contributed by atoms with Crippen molar-refractivity contribution in [2.24, 2.45) is 28.4 Å². The Labute approximate surface area is 144 Å². The first-order valence-electron chi connectivity index (χ1n) is 8.99. The minimum absolute atomic E-state index is 0.124. The summed E-state index contributed by atoms with van der Waals surface area (Å²) in [5.74, 6) is -0.240. The van der Waals surface area contributed by atoms with Gasteiger partial charge in [0.1, 0.15) is 0 Å². The van der Waals surface area contributed by atoms with Crippen LogP contribution >= 0.6 is 0 Å². The first-order valence-corrected chi connectivity index (χ1v) is 8.99. The molecule has 0 aliphatic heterocycles. The molecule has 0 radical (unpaired) electrons. The summed E-state index contributed by atoms with van der Waals surface area (Å²) in [5, 5.41) is 21.4. The molecule has 2 aliphatic rings. The van der Waals surface area contributed by atoms with E-state index in [1.807, 2.05) is 0 Å². The molecule has 0 saturated heterocycles. The van der Waals surface area contributed by atoms with Crippen molar-refractivity contribution in [1.82, 2.24) is 5.32 Å². The van der Waals surface area contributed by atoms with Crippen molar-refractivity contribution in [2.75, 3.05) is 6.54 Å². The fourth-order valence-corrected chi connectivity index (χ4v) is 5.22. The molecule has 2 aliphatic carbocycles. The number of nitrogens with one attached hydrogen (secondary N) is 1. The maximum atomic E-state index is 11.7. The van der Waals surface area contributed by atoms with E-state index in [0.717, 1.165) is 12.3 Å².